The molecule has 0 bridgehead atoms. The fourth-order valence-electron chi connectivity index (χ4n) is 2.79. The number of para-hydroxylation sites is 4. The van der Waals surface area contributed by atoms with E-state index in [1.807, 2.05) is 12.1 Å². The first kappa shape index (κ1) is 21.0. The van der Waals surface area contributed by atoms with Gasteiger partial charge in [0.1, 0.15) is 6.61 Å². The van der Waals surface area contributed by atoms with Crippen LogP contribution in [-0.2, 0) is 20.9 Å². The Bertz CT molecular complexity index is 1070. The number of aryl methyl sites for hydroxylation is 1. The number of esters is 1. The Balaban J connectivity index is 1.36. The number of nitrogens with zero attached hydrogens (tertiary/aromatic N) is 1. The van der Waals surface area contributed by atoms with Crippen molar-refractivity contribution in [2.75, 3.05) is 26.9 Å². The van der Waals surface area contributed by atoms with Gasteiger partial charge in [0.25, 0.3) is 5.91 Å². The Kier molecular flexibility index (Phi) is 7.09. The van der Waals surface area contributed by atoms with E-state index in [1.54, 1.807) is 43.5 Å². The number of oxazole rings is 1. The van der Waals surface area contributed by atoms with Crippen LogP contribution in [0.2, 0.25) is 0 Å². The third-order valence-electron chi connectivity index (χ3n) is 4.23. The molecule has 1 heterocycles. The van der Waals surface area contributed by atoms with Crippen LogP contribution in [0.3, 0.4) is 0 Å². The van der Waals surface area contributed by atoms with Gasteiger partial charge < -0.3 is 23.9 Å². The van der Waals surface area contributed by atoms with E-state index in [1.165, 1.54) is 4.57 Å². The van der Waals surface area contributed by atoms with Gasteiger partial charge in [-0.15, -0.1) is 0 Å². The van der Waals surface area contributed by atoms with Gasteiger partial charge in [-0.3, -0.25) is 14.2 Å². The van der Waals surface area contributed by atoms with Crippen molar-refractivity contribution in [1.29, 1.82) is 0 Å². The van der Waals surface area contributed by atoms with Crippen molar-refractivity contribution in [3.63, 3.8) is 0 Å². The van der Waals surface area contributed by atoms with Gasteiger partial charge in [0.2, 0.25) is 0 Å². The third kappa shape index (κ3) is 5.40. The lowest BCUT2D eigenvalue weighted by molar-refractivity contribution is -0.148. The molecule has 1 N–H and O–H groups in total. The highest BCUT2D eigenvalue weighted by Gasteiger charge is 2.12. The Morgan fingerprint density at radius 2 is 1.80 bits per heavy atom. The number of nitrogens with one attached hydrogen (secondary N) is 1. The molecule has 0 unspecified atom stereocenters. The molecule has 0 aliphatic heterocycles. The van der Waals surface area contributed by atoms with Crippen LogP contribution in [0, 0.1) is 0 Å². The van der Waals surface area contributed by atoms with E-state index in [0.717, 1.165) is 0 Å². The molecule has 0 aliphatic rings. The molecule has 9 nitrogen and oxygen atoms in total. The summed E-state index contributed by atoms with van der Waals surface area (Å²) in [7, 11) is 1.55. The van der Waals surface area contributed by atoms with Gasteiger partial charge in [-0.2, -0.15) is 0 Å². The maximum absolute atomic E-state index is 11.9. The largest absolute Gasteiger partial charge is 0.493 e. The van der Waals surface area contributed by atoms with Crippen molar-refractivity contribution in [2.24, 2.45) is 0 Å². The normalized spacial score (nSPS) is 10.6. The number of hydrogen-bond donors (Lipinski definition) is 1. The van der Waals surface area contributed by atoms with Crippen molar-refractivity contribution in [2.45, 2.75) is 13.0 Å². The van der Waals surface area contributed by atoms with Gasteiger partial charge in [-0.05, 0) is 24.3 Å². The highest BCUT2D eigenvalue weighted by atomic mass is 16.5. The summed E-state index contributed by atoms with van der Waals surface area (Å²) in [5.41, 5.74) is 1.05. The van der Waals surface area contributed by atoms with Gasteiger partial charge in [-0.1, -0.05) is 24.3 Å². The van der Waals surface area contributed by atoms with Crippen LogP contribution in [-0.4, -0.2) is 43.3 Å². The summed E-state index contributed by atoms with van der Waals surface area (Å²) in [6, 6.07) is 14.1. The lowest BCUT2D eigenvalue weighted by Gasteiger charge is -2.11. The minimum absolute atomic E-state index is 0.0619. The molecule has 9 heteroatoms. The molecule has 0 radical (unpaired) electrons. The molecule has 3 aromatic rings. The van der Waals surface area contributed by atoms with Gasteiger partial charge >= 0.3 is 11.7 Å². The zero-order chi connectivity index (χ0) is 21.3. The second-order valence-corrected chi connectivity index (χ2v) is 6.25. The first-order valence-electron chi connectivity index (χ1n) is 9.35. The molecule has 1 aromatic heterocycles. The first-order chi connectivity index (χ1) is 14.6. The molecule has 158 valence electrons. The average Bonchev–Trinajstić information content (AvgIpc) is 3.09. The maximum Gasteiger partial charge on any atom is 0.419 e. The molecule has 0 saturated carbocycles. The van der Waals surface area contributed by atoms with Gasteiger partial charge in [-0.25, -0.2) is 4.79 Å². The molecule has 0 spiro atoms. The second-order valence-electron chi connectivity index (χ2n) is 6.25. The summed E-state index contributed by atoms with van der Waals surface area (Å²) in [5.74, 6) is -0.410. The van der Waals surface area contributed by atoms with Crippen LogP contribution >= 0.6 is 0 Å². The summed E-state index contributed by atoms with van der Waals surface area (Å²) in [5, 5.41) is 2.60. The standard InChI is InChI=1S/C21H22N2O7/c1-27-17-8-4-5-9-18(17)28-13-11-22-19(24)14-29-20(25)10-12-23-15-6-2-3-7-16(15)30-21(23)26/h2-9H,10-14H2,1H3,(H,22,24). The molecular formula is C21H22N2O7. The highest BCUT2D eigenvalue weighted by Crippen LogP contribution is 2.25. The van der Waals surface area contributed by atoms with Crippen LogP contribution in [0.15, 0.2) is 57.7 Å². The molecule has 30 heavy (non-hydrogen) atoms. The van der Waals surface area contributed by atoms with Crippen molar-refractivity contribution in [1.82, 2.24) is 9.88 Å². The number of ether oxygens (including phenoxy) is 3. The number of benzene rings is 2. The predicted octanol–water partition coefficient (Wildman–Crippen LogP) is 1.73. The summed E-state index contributed by atoms with van der Waals surface area (Å²) in [6.07, 6.45) is -0.0619. The number of amides is 1. The fraction of sp³-hybridized carbons (Fsp3) is 0.286. The zero-order valence-electron chi connectivity index (χ0n) is 16.5. The Hall–Kier alpha value is -3.75. The van der Waals surface area contributed by atoms with Crippen LogP contribution in [0.1, 0.15) is 6.42 Å². The molecule has 0 fully saturated rings. The van der Waals surface area contributed by atoms with E-state index < -0.39 is 24.2 Å². The molecular weight excluding hydrogens is 392 g/mol. The molecule has 2 aromatic carbocycles. The fourth-order valence-corrected chi connectivity index (χ4v) is 2.79. The van der Waals surface area contributed by atoms with Crippen LogP contribution < -0.4 is 20.5 Å². The highest BCUT2D eigenvalue weighted by molar-refractivity contribution is 5.80. The van der Waals surface area contributed by atoms with Crippen molar-refractivity contribution >= 4 is 23.0 Å². The number of carbonyl (C=O) groups is 2. The monoisotopic (exact) mass is 414 g/mol. The van der Waals surface area contributed by atoms with E-state index >= 15 is 0 Å². The summed E-state index contributed by atoms with van der Waals surface area (Å²) < 4.78 is 22.1. The number of aromatic nitrogens is 1. The van der Waals surface area contributed by atoms with Gasteiger partial charge in [0.15, 0.2) is 23.7 Å². The van der Waals surface area contributed by atoms with Crippen LogP contribution in [0.25, 0.3) is 11.1 Å². The number of fused-ring (bicyclic) bond motifs is 1. The van der Waals surface area contributed by atoms with Crippen molar-refractivity contribution in [3.8, 4) is 11.5 Å². The minimum atomic E-state index is -0.590. The molecule has 0 aliphatic carbocycles. The van der Waals surface area contributed by atoms with E-state index in [2.05, 4.69) is 5.32 Å². The second kappa shape index (κ2) is 10.1. The first-order valence-corrected chi connectivity index (χ1v) is 9.35. The third-order valence-corrected chi connectivity index (χ3v) is 4.23. The lowest BCUT2D eigenvalue weighted by Crippen LogP contribution is -2.32. The van der Waals surface area contributed by atoms with Crippen molar-refractivity contribution < 1.29 is 28.2 Å². The van der Waals surface area contributed by atoms with Crippen LogP contribution in [0.5, 0.6) is 11.5 Å². The predicted molar refractivity (Wildman–Crippen MR) is 108 cm³/mol. The summed E-state index contributed by atoms with van der Waals surface area (Å²) >= 11 is 0. The molecule has 3 rings (SSSR count). The van der Waals surface area contributed by atoms with Crippen molar-refractivity contribution in [3.05, 3.63) is 59.1 Å². The SMILES string of the molecule is COc1ccccc1OCCNC(=O)COC(=O)CCn1c(=O)oc2ccccc21. The van der Waals surface area contributed by atoms with E-state index in [-0.39, 0.29) is 26.1 Å². The lowest BCUT2D eigenvalue weighted by atomic mass is 10.3. The van der Waals surface area contributed by atoms with Gasteiger partial charge in [0.05, 0.1) is 25.6 Å². The zero-order valence-corrected chi connectivity index (χ0v) is 16.5. The summed E-state index contributed by atoms with van der Waals surface area (Å²) in [4.78, 5) is 35.6. The van der Waals surface area contributed by atoms with E-state index in [9.17, 15) is 14.4 Å². The van der Waals surface area contributed by atoms with Crippen LogP contribution in [0.4, 0.5) is 0 Å². The average molecular weight is 414 g/mol. The Morgan fingerprint density at radius 3 is 2.60 bits per heavy atom. The molecule has 0 saturated heterocycles. The number of methoxy groups -OCH3 is 1. The molecule has 1 amide bonds. The minimum Gasteiger partial charge on any atom is -0.493 e. The van der Waals surface area contributed by atoms with E-state index in [4.69, 9.17) is 18.6 Å². The summed E-state index contributed by atoms with van der Waals surface area (Å²) in [6.45, 7) is 0.166. The van der Waals surface area contributed by atoms with Gasteiger partial charge in [0, 0.05) is 6.54 Å². The Labute approximate surface area is 172 Å². The van der Waals surface area contributed by atoms with E-state index in [0.29, 0.717) is 22.6 Å². The maximum atomic E-state index is 11.9. The number of hydrogen-bond acceptors (Lipinski definition) is 7. The topological polar surface area (TPSA) is 109 Å². The number of rotatable bonds is 10. The Morgan fingerprint density at radius 1 is 1.07 bits per heavy atom. The molecule has 0 atom stereocenters. The number of carbonyl (C=O) groups excluding carboxylic acids is 2. The quantitative estimate of drug-likeness (QED) is 0.397. The smallest absolute Gasteiger partial charge is 0.419 e.